The second-order valence-electron chi connectivity index (χ2n) is 12.5. The number of aldehydes is 1. The molecule has 2 fully saturated rings. The van der Waals surface area contributed by atoms with E-state index in [4.69, 9.17) is 0 Å². The predicted octanol–water partition coefficient (Wildman–Crippen LogP) is 9.22. The molecule has 1 aliphatic carbocycles. The molecule has 0 spiro atoms. The van der Waals surface area contributed by atoms with Crippen LogP contribution in [0.4, 0.5) is 5.69 Å². The molecule has 44 heavy (non-hydrogen) atoms. The van der Waals surface area contributed by atoms with Gasteiger partial charge in [-0.15, -0.1) is 6.58 Å². The summed E-state index contributed by atoms with van der Waals surface area (Å²) in [7, 11) is 2.05. The molecule has 0 aromatic heterocycles. The van der Waals surface area contributed by atoms with Gasteiger partial charge in [0, 0.05) is 49.0 Å². The fourth-order valence-corrected chi connectivity index (χ4v) is 5.98. The highest BCUT2D eigenvalue weighted by Gasteiger charge is 2.35. The molecule has 0 bridgehead atoms. The number of likely N-dealkylation sites (tertiary alicyclic amines) is 1. The van der Waals surface area contributed by atoms with Crippen LogP contribution < -0.4 is 4.90 Å². The summed E-state index contributed by atoms with van der Waals surface area (Å²) in [6.07, 6.45) is 18.2. The second-order valence-corrected chi connectivity index (χ2v) is 12.5. The Labute approximate surface area is 270 Å². The lowest BCUT2D eigenvalue weighted by Crippen LogP contribution is -2.52. The Kier molecular flexibility index (Phi) is 20.1. The van der Waals surface area contributed by atoms with E-state index in [1.54, 1.807) is 12.2 Å². The van der Waals surface area contributed by atoms with Gasteiger partial charge in [0.15, 0.2) is 0 Å². The van der Waals surface area contributed by atoms with Crippen LogP contribution in [-0.2, 0) is 4.79 Å². The summed E-state index contributed by atoms with van der Waals surface area (Å²) in [6.45, 7) is 27.4. The topological polar surface area (TPSA) is 43.9 Å². The largest absolute Gasteiger partial charge is 0.369 e. The van der Waals surface area contributed by atoms with Gasteiger partial charge in [0.2, 0.25) is 5.91 Å². The first-order valence-electron chi connectivity index (χ1n) is 17.1. The third-order valence-corrected chi connectivity index (χ3v) is 8.73. The van der Waals surface area contributed by atoms with Gasteiger partial charge < -0.3 is 9.80 Å². The predicted molar refractivity (Wildman–Crippen MR) is 193 cm³/mol. The molecule has 3 rings (SSSR count). The number of unbranched alkanes of at least 4 members (excludes halogenated alkanes) is 1. The molecule has 1 saturated carbocycles. The first kappa shape index (κ1) is 39.1. The first-order chi connectivity index (χ1) is 21.2. The van der Waals surface area contributed by atoms with Crippen LogP contribution in [0.2, 0.25) is 0 Å². The van der Waals surface area contributed by atoms with Crippen molar-refractivity contribution >= 4 is 23.5 Å². The van der Waals surface area contributed by atoms with E-state index in [1.807, 2.05) is 31.3 Å². The van der Waals surface area contributed by atoms with Crippen LogP contribution in [0.25, 0.3) is 5.57 Å². The minimum atomic E-state index is 0.278. The van der Waals surface area contributed by atoms with Gasteiger partial charge in [-0.2, -0.15) is 0 Å². The van der Waals surface area contributed by atoms with Gasteiger partial charge in [0.05, 0.1) is 6.54 Å². The maximum absolute atomic E-state index is 13.3. The Morgan fingerprint density at radius 2 is 1.66 bits per heavy atom. The molecule has 1 aromatic rings. The lowest BCUT2D eigenvalue weighted by atomic mass is 9.78. The van der Waals surface area contributed by atoms with E-state index in [0.29, 0.717) is 30.0 Å². The number of allylic oxidation sites excluding steroid dienone is 3. The van der Waals surface area contributed by atoms with Crippen molar-refractivity contribution in [2.45, 2.75) is 97.9 Å². The number of benzene rings is 1. The summed E-state index contributed by atoms with van der Waals surface area (Å²) < 4.78 is 0. The minimum absolute atomic E-state index is 0.278. The molecule has 1 amide bonds. The third-order valence-electron chi connectivity index (χ3n) is 8.73. The number of piperidine rings is 1. The Bertz CT molecular complexity index is 1020. The number of fused-ring (bicyclic) bond motifs is 1. The van der Waals surface area contributed by atoms with Gasteiger partial charge in [0.1, 0.15) is 6.29 Å². The lowest BCUT2D eigenvalue weighted by molar-refractivity contribution is -0.138. The van der Waals surface area contributed by atoms with E-state index >= 15 is 0 Å². The number of carbonyl (C=O) groups is 2. The zero-order valence-electron chi connectivity index (χ0n) is 28.9. The summed E-state index contributed by atoms with van der Waals surface area (Å²) in [6, 6.07) is 6.36. The summed E-state index contributed by atoms with van der Waals surface area (Å²) in [5.41, 5.74) is 3.92. The summed E-state index contributed by atoms with van der Waals surface area (Å²) >= 11 is 0. The van der Waals surface area contributed by atoms with E-state index in [-0.39, 0.29) is 5.91 Å². The number of hydrogen-bond acceptors (Lipinski definition) is 4. The number of rotatable bonds is 15. The number of nitrogens with zero attached hydrogens (tertiary/aromatic N) is 3. The molecule has 1 aliphatic heterocycles. The molecule has 1 saturated heterocycles. The average Bonchev–Trinajstić information content (AvgIpc) is 3.06. The maximum atomic E-state index is 13.3. The van der Waals surface area contributed by atoms with Gasteiger partial charge in [-0.05, 0) is 62.6 Å². The SMILES string of the molecule is C=CC(C)CN(CCN(C)CC(=O)N1CCCC2CCCCC21)c1cc(C=O)ccc1C(=C)CCC.C=CC=C.CCCC. The van der Waals surface area contributed by atoms with Crippen molar-refractivity contribution in [2.75, 3.05) is 44.7 Å². The summed E-state index contributed by atoms with van der Waals surface area (Å²) in [5, 5.41) is 0. The van der Waals surface area contributed by atoms with Crippen molar-refractivity contribution in [3.8, 4) is 0 Å². The van der Waals surface area contributed by atoms with Crippen LogP contribution in [0, 0.1) is 11.8 Å². The molecule has 3 atom stereocenters. The van der Waals surface area contributed by atoms with E-state index in [1.165, 1.54) is 44.9 Å². The van der Waals surface area contributed by atoms with Crippen LogP contribution in [0.3, 0.4) is 0 Å². The minimum Gasteiger partial charge on any atom is -0.369 e. The molecule has 3 unspecified atom stereocenters. The van der Waals surface area contributed by atoms with Crippen molar-refractivity contribution in [1.29, 1.82) is 0 Å². The number of likely N-dealkylation sites (N-methyl/N-ethyl adjacent to an activating group) is 1. The molecule has 246 valence electrons. The van der Waals surface area contributed by atoms with Gasteiger partial charge in [-0.1, -0.05) is 110 Å². The molecule has 0 radical (unpaired) electrons. The molecule has 5 heteroatoms. The smallest absolute Gasteiger partial charge is 0.236 e. The first-order valence-corrected chi connectivity index (χ1v) is 17.1. The summed E-state index contributed by atoms with van der Waals surface area (Å²) in [4.78, 5) is 31.6. The number of carbonyl (C=O) groups excluding carboxylic acids is 2. The lowest BCUT2D eigenvalue weighted by Gasteiger charge is -2.44. The third kappa shape index (κ3) is 13.4. The Hall–Kier alpha value is -2.92. The van der Waals surface area contributed by atoms with Crippen LogP contribution >= 0.6 is 0 Å². The molecule has 1 aromatic carbocycles. The van der Waals surface area contributed by atoms with E-state index < -0.39 is 0 Å². The van der Waals surface area contributed by atoms with Gasteiger partial charge in [-0.25, -0.2) is 0 Å². The van der Waals surface area contributed by atoms with Crippen molar-refractivity contribution < 1.29 is 9.59 Å². The van der Waals surface area contributed by atoms with Crippen molar-refractivity contribution in [3.05, 3.63) is 73.9 Å². The molecule has 2 aliphatic rings. The van der Waals surface area contributed by atoms with Crippen LogP contribution in [0.15, 0.2) is 62.7 Å². The highest BCUT2D eigenvalue weighted by atomic mass is 16.2. The zero-order valence-corrected chi connectivity index (χ0v) is 28.9. The van der Waals surface area contributed by atoms with Crippen molar-refractivity contribution in [1.82, 2.24) is 9.80 Å². The summed E-state index contributed by atoms with van der Waals surface area (Å²) in [5.74, 6) is 1.28. The molecule has 5 nitrogen and oxygen atoms in total. The van der Waals surface area contributed by atoms with Crippen molar-refractivity contribution in [2.24, 2.45) is 11.8 Å². The quantitative estimate of drug-likeness (QED) is 0.114. The van der Waals surface area contributed by atoms with E-state index in [2.05, 4.69) is 68.7 Å². The molecular weight excluding hydrogens is 542 g/mol. The fraction of sp³-hybridized carbons (Fsp3) is 0.590. The second kappa shape index (κ2) is 22.6. The number of hydrogen-bond donors (Lipinski definition) is 0. The van der Waals surface area contributed by atoms with Gasteiger partial charge >= 0.3 is 0 Å². The fourth-order valence-electron chi connectivity index (χ4n) is 5.98. The van der Waals surface area contributed by atoms with Gasteiger partial charge in [0.25, 0.3) is 0 Å². The normalized spacial score (nSPS) is 17.9. The molecule has 1 heterocycles. The highest BCUT2D eigenvalue weighted by molar-refractivity contribution is 5.83. The van der Waals surface area contributed by atoms with Gasteiger partial charge in [-0.3, -0.25) is 14.5 Å². The zero-order chi connectivity index (χ0) is 32.9. The maximum Gasteiger partial charge on any atom is 0.236 e. The standard InChI is InChI=1S/C31H47N3O2.C4H10.C4H6/c1-6-11-25(4)28-16-15-26(23-35)20-30(28)33(21-24(3)7-2)19-18-32(5)22-31(36)34-17-10-13-27-12-8-9-14-29(27)34;2*1-3-4-2/h7,15-16,20,23-24,27,29H,2,4,6,8-14,17-19,21-22H2,1,3,5H3;3-4H2,1-2H3;3-4H,1-2H2. The van der Waals surface area contributed by atoms with E-state index in [0.717, 1.165) is 68.6 Å². The Balaban J connectivity index is 0.00000108. The van der Waals surface area contributed by atoms with Crippen LogP contribution in [0.5, 0.6) is 0 Å². The van der Waals surface area contributed by atoms with Crippen LogP contribution in [0.1, 0.15) is 108 Å². The molecular formula is C39H63N3O2. The number of anilines is 1. The molecule has 0 N–H and O–H groups in total. The average molecular weight is 606 g/mol. The highest BCUT2D eigenvalue weighted by Crippen LogP contribution is 2.35. The monoisotopic (exact) mass is 605 g/mol. The van der Waals surface area contributed by atoms with Crippen molar-refractivity contribution in [3.63, 3.8) is 0 Å². The Morgan fingerprint density at radius 1 is 1.00 bits per heavy atom. The number of amides is 1. The Morgan fingerprint density at radius 3 is 2.25 bits per heavy atom. The van der Waals surface area contributed by atoms with Crippen LogP contribution in [-0.4, -0.2) is 67.8 Å². The van der Waals surface area contributed by atoms with E-state index in [9.17, 15) is 9.59 Å².